The maximum absolute atomic E-state index is 9.00. The summed E-state index contributed by atoms with van der Waals surface area (Å²) < 4.78 is 0. The molecule has 0 heterocycles. The Kier molecular flexibility index (Phi) is 24.4. The van der Waals surface area contributed by atoms with Gasteiger partial charge in [0, 0.05) is 33.1 Å². The Bertz CT molecular complexity index is 31.8. The van der Waals surface area contributed by atoms with Crippen molar-refractivity contribution in [2.75, 3.05) is 0 Å². The number of carbonyl (C=O) groups is 1. The molecule has 0 bridgehead atoms. The molecule has 3 N–H and O–H groups in total. The van der Waals surface area contributed by atoms with Gasteiger partial charge in [0.15, 0.2) is 0 Å². The normalized spacial score (nSPS) is 4.17. The van der Waals surface area contributed by atoms with Gasteiger partial charge in [-0.25, -0.2) is 0 Å². The van der Waals surface area contributed by atoms with Gasteiger partial charge in [0.1, 0.15) is 0 Å². The molecule has 0 aliphatic carbocycles. The molecule has 6 heavy (non-hydrogen) atoms. The van der Waals surface area contributed by atoms with Crippen LogP contribution < -0.4 is 0 Å². The molecule has 0 atom stereocenters. The van der Waals surface area contributed by atoms with E-state index in [0.717, 1.165) is 6.92 Å². The molecule has 0 aliphatic heterocycles. The van der Waals surface area contributed by atoms with Crippen LogP contribution in [0.15, 0.2) is 0 Å². The number of rotatable bonds is 0. The molecule has 0 aromatic rings. The summed E-state index contributed by atoms with van der Waals surface area (Å²) in [5.41, 5.74) is 0. The summed E-state index contributed by atoms with van der Waals surface area (Å²) in [6, 6.07) is 0. The fourth-order valence-electron chi connectivity index (χ4n) is 0. The minimum atomic E-state index is -0.833. The first-order valence-corrected chi connectivity index (χ1v) is 0.928. The van der Waals surface area contributed by atoms with Crippen molar-refractivity contribution in [3.05, 3.63) is 0 Å². The monoisotopic (exact) mass is 168 g/mol. The molecule has 4 heteroatoms. The topological polar surface area (TPSA) is 68.8 Å². The van der Waals surface area contributed by atoms with Crippen molar-refractivity contribution in [3.8, 4) is 0 Å². The van der Waals surface area contributed by atoms with E-state index in [1.165, 1.54) is 0 Å². The van der Waals surface area contributed by atoms with Crippen LogP contribution in [0, 0.1) is 0 Å². The van der Waals surface area contributed by atoms with Crippen LogP contribution >= 0.6 is 0 Å². The molecule has 0 radical (unpaired) electrons. The summed E-state index contributed by atoms with van der Waals surface area (Å²) >= 11 is 0. The number of hydrogen-bond donors (Lipinski definition) is 1. The molecule has 3 nitrogen and oxygen atoms in total. The number of hydrogen-bond acceptors (Lipinski definition) is 1. The summed E-state index contributed by atoms with van der Waals surface area (Å²) in [4.78, 5) is 9.00. The van der Waals surface area contributed by atoms with E-state index in [-0.39, 0.29) is 31.7 Å². The first kappa shape index (κ1) is 16.2. The van der Waals surface area contributed by atoms with Gasteiger partial charge in [-0.05, 0) is 0 Å². The van der Waals surface area contributed by atoms with Gasteiger partial charge in [-0.2, -0.15) is 0 Å². The van der Waals surface area contributed by atoms with Gasteiger partial charge in [0.25, 0.3) is 5.97 Å². The van der Waals surface area contributed by atoms with E-state index in [9.17, 15) is 0 Å². The van der Waals surface area contributed by atoms with Gasteiger partial charge in [0.05, 0.1) is 0 Å². The van der Waals surface area contributed by atoms with Crippen molar-refractivity contribution < 1.29 is 41.6 Å². The average Bonchev–Trinajstić information content (AvgIpc) is 0.811. The standard InChI is InChI=1S/C2H4O2.H2O.Zr/c1-2(3)4;;/h1H3,(H,3,4);1H2;. The number of aliphatic carboxylic acids is 1. The molecule has 0 aromatic carbocycles. The molecule has 0 unspecified atom stereocenters. The molecule has 0 amide bonds. The summed E-state index contributed by atoms with van der Waals surface area (Å²) in [6.45, 7) is 1.08. The zero-order valence-electron chi connectivity index (χ0n) is 3.36. The second-order valence-corrected chi connectivity index (χ2v) is 0.519. The van der Waals surface area contributed by atoms with Crippen LogP contribution in [0.4, 0.5) is 0 Å². The fraction of sp³-hybridized carbons (Fsp3) is 0.500. The van der Waals surface area contributed by atoms with Gasteiger partial charge < -0.3 is 10.6 Å². The molecule has 0 aromatic heterocycles. The van der Waals surface area contributed by atoms with E-state index >= 15 is 0 Å². The van der Waals surface area contributed by atoms with E-state index in [1.54, 1.807) is 0 Å². The van der Waals surface area contributed by atoms with Gasteiger partial charge >= 0.3 is 0 Å². The zero-order valence-corrected chi connectivity index (χ0v) is 5.81. The molecule has 0 saturated heterocycles. The third-order valence-corrected chi connectivity index (χ3v) is 0. The van der Waals surface area contributed by atoms with Crippen LogP contribution in [-0.2, 0) is 31.0 Å². The maximum atomic E-state index is 9.00. The predicted octanol–water partition coefficient (Wildman–Crippen LogP) is -0.736. The Morgan fingerprint density at radius 3 is 1.67 bits per heavy atom. The molecule has 36 valence electrons. The molecule has 0 rings (SSSR count). The predicted molar refractivity (Wildman–Crippen MR) is 16.9 cm³/mol. The number of carboxylic acids is 1. The van der Waals surface area contributed by atoms with Crippen LogP contribution in [0.3, 0.4) is 0 Å². The Hall–Kier alpha value is 0.313. The van der Waals surface area contributed by atoms with Crippen LogP contribution in [-0.4, -0.2) is 16.6 Å². The van der Waals surface area contributed by atoms with Crippen molar-refractivity contribution in [1.82, 2.24) is 0 Å². The average molecular weight is 169 g/mol. The van der Waals surface area contributed by atoms with E-state index < -0.39 is 5.97 Å². The summed E-state index contributed by atoms with van der Waals surface area (Å²) in [6.07, 6.45) is 0. The fourth-order valence-corrected chi connectivity index (χ4v) is 0. The Labute approximate surface area is 54.8 Å². The van der Waals surface area contributed by atoms with Crippen LogP contribution in [0.25, 0.3) is 0 Å². The van der Waals surface area contributed by atoms with Crippen LogP contribution in [0.1, 0.15) is 6.92 Å². The third-order valence-electron chi connectivity index (χ3n) is 0. The molecule has 0 spiro atoms. The summed E-state index contributed by atoms with van der Waals surface area (Å²) in [7, 11) is 0. The van der Waals surface area contributed by atoms with Crippen molar-refractivity contribution in [2.45, 2.75) is 6.92 Å². The van der Waals surface area contributed by atoms with Gasteiger partial charge in [0.2, 0.25) is 0 Å². The second-order valence-electron chi connectivity index (χ2n) is 0.519. The third kappa shape index (κ3) is 483. The zero-order chi connectivity index (χ0) is 3.58. The largest absolute Gasteiger partial charge is 0.481 e. The molecular formula is C2H6O3Zr. The maximum Gasteiger partial charge on any atom is 0.300 e. The minimum Gasteiger partial charge on any atom is -0.481 e. The minimum absolute atomic E-state index is 0. The second kappa shape index (κ2) is 9.00. The molecule has 0 fully saturated rings. The SMILES string of the molecule is CC(=O)O.O.[Zr]. The Morgan fingerprint density at radius 2 is 1.67 bits per heavy atom. The van der Waals surface area contributed by atoms with Gasteiger partial charge in [-0.3, -0.25) is 4.79 Å². The van der Waals surface area contributed by atoms with Gasteiger partial charge in [-0.1, -0.05) is 0 Å². The van der Waals surface area contributed by atoms with Gasteiger partial charge in [-0.15, -0.1) is 0 Å². The summed E-state index contributed by atoms with van der Waals surface area (Å²) in [5.74, 6) is -0.833. The van der Waals surface area contributed by atoms with E-state index in [4.69, 9.17) is 9.90 Å². The van der Waals surface area contributed by atoms with E-state index in [2.05, 4.69) is 0 Å². The smallest absolute Gasteiger partial charge is 0.300 e. The first-order valence-electron chi connectivity index (χ1n) is 0.928. The summed E-state index contributed by atoms with van der Waals surface area (Å²) in [5, 5.41) is 7.42. The first-order chi connectivity index (χ1) is 1.73. The van der Waals surface area contributed by atoms with E-state index in [0.29, 0.717) is 0 Å². The Balaban J connectivity index is -0.0000000450. The van der Waals surface area contributed by atoms with Crippen LogP contribution in [0.2, 0.25) is 0 Å². The van der Waals surface area contributed by atoms with Crippen molar-refractivity contribution in [2.24, 2.45) is 0 Å². The van der Waals surface area contributed by atoms with Crippen molar-refractivity contribution in [1.29, 1.82) is 0 Å². The van der Waals surface area contributed by atoms with E-state index in [1.807, 2.05) is 0 Å². The van der Waals surface area contributed by atoms with Crippen molar-refractivity contribution >= 4 is 5.97 Å². The number of carboxylic acid groups (broad SMARTS) is 1. The van der Waals surface area contributed by atoms with Crippen molar-refractivity contribution in [3.63, 3.8) is 0 Å². The molecule has 0 saturated carbocycles. The Morgan fingerprint density at radius 1 is 1.67 bits per heavy atom. The quantitative estimate of drug-likeness (QED) is 0.519. The van der Waals surface area contributed by atoms with Crippen LogP contribution in [0.5, 0.6) is 0 Å². The molecule has 0 aliphatic rings. The molecular weight excluding hydrogens is 163 g/mol.